The average Bonchev–Trinajstić information content (AvgIpc) is 2.57. The van der Waals surface area contributed by atoms with E-state index in [0.717, 1.165) is 25.2 Å². The monoisotopic (exact) mass is 241 g/mol. The molecule has 1 fully saturated rings. The first-order valence-corrected chi connectivity index (χ1v) is 5.76. The Hall–Kier alpha value is -1.03. The minimum atomic E-state index is 0.102. The van der Waals surface area contributed by atoms with E-state index in [9.17, 15) is 0 Å². The molecule has 1 aliphatic heterocycles. The highest BCUT2D eigenvalue weighted by molar-refractivity contribution is 6.31. The molecule has 1 aromatic heterocycles. The van der Waals surface area contributed by atoms with Crippen LogP contribution in [-0.4, -0.2) is 29.2 Å². The summed E-state index contributed by atoms with van der Waals surface area (Å²) >= 11 is 6.00. The largest absolute Gasteiger partial charge is 0.490 e. The highest BCUT2D eigenvalue weighted by atomic mass is 35.5. The van der Waals surface area contributed by atoms with Gasteiger partial charge in [-0.1, -0.05) is 11.6 Å². The van der Waals surface area contributed by atoms with Crippen molar-refractivity contribution >= 4 is 17.4 Å². The lowest BCUT2D eigenvalue weighted by molar-refractivity contribution is 0.405. The highest BCUT2D eigenvalue weighted by Crippen LogP contribution is 2.39. The van der Waals surface area contributed by atoms with E-state index in [4.69, 9.17) is 16.3 Å². The lowest BCUT2D eigenvalue weighted by Crippen LogP contribution is -2.39. The van der Waals surface area contributed by atoms with Gasteiger partial charge in [-0.15, -0.1) is 0 Å². The second-order valence-electron chi connectivity index (χ2n) is 4.59. The van der Waals surface area contributed by atoms with Crippen LogP contribution in [0.5, 0.6) is 5.75 Å². The Labute approximate surface area is 101 Å². The van der Waals surface area contributed by atoms with Crippen LogP contribution in [0.3, 0.4) is 0 Å². The third kappa shape index (κ3) is 1.82. The van der Waals surface area contributed by atoms with Crippen molar-refractivity contribution in [3.05, 3.63) is 11.5 Å². The maximum absolute atomic E-state index is 6.00. The van der Waals surface area contributed by atoms with Crippen molar-refractivity contribution in [1.29, 1.82) is 0 Å². The van der Waals surface area contributed by atoms with Crippen molar-refractivity contribution in [2.75, 3.05) is 18.6 Å². The SMILES string of the molecule is COc1c(Cl)ncnc1N1CCCC1(C)C. The number of anilines is 1. The molecular formula is C11H16ClN3O. The molecule has 0 aliphatic carbocycles. The van der Waals surface area contributed by atoms with Gasteiger partial charge in [-0.05, 0) is 26.7 Å². The van der Waals surface area contributed by atoms with Crippen LogP contribution in [0.2, 0.25) is 5.15 Å². The Kier molecular flexibility index (Phi) is 2.93. The topological polar surface area (TPSA) is 38.3 Å². The number of halogens is 1. The lowest BCUT2D eigenvalue weighted by atomic mass is 10.0. The van der Waals surface area contributed by atoms with Crippen molar-refractivity contribution in [3.8, 4) is 5.75 Å². The summed E-state index contributed by atoms with van der Waals surface area (Å²) in [5.41, 5.74) is 0.102. The standard InChI is InChI=1S/C11H16ClN3O/c1-11(2)5-4-6-15(11)10-8(16-3)9(12)13-7-14-10/h7H,4-6H2,1-3H3. The first-order chi connectivity index (χ1) is 7.56. The summed E-state index contributed by atoms with van der Waals surface area (Å²) in [4.78, 5) is 10.5. The molecule has 1 aromatic rings. The molecule has 5 heteroatoms. The van der Waals surface area contributed by atoms with Crippen LogP contribution in [0, 0.1) is 0 Å². The molecule has 2 heterocycles. The van der Waals surface area contributed by atoms with Gasteiger partial charge in [-0.2, -0.15) is 0 Å². The van der Waals surface area contributed by atoms with Gasteiger partial charge in [0.25, 0.3) is 0 Å². The van der Waals surface area contributed by atoms with Gasteiger partial charge in [-0.25, -0.2) is 9.97 Å². The number of hydrogen-bond donors (Lipinski definition) is 0. The molecule has 0 N–H and O–H groups in total. The molecular weight excluding hydrogens is 226 g/mol. The van der Waals surface area contributed by atoms with Gasteiger partial charge in [0.2, 0.25) is 0 Å². The molecule has 0 amide bonds. The van der Waals surface area contributed by atoms with Crippen LogP contribution in [0.1, 0.15) is 26.7 Å². The molecule has 0 unspecified atom stereocenters. The van der Waals surface area contributed by atoms with Crippen LogP contribution in [0.25, 0.3) is 0 Å². The van der Waals surface area contributed by atoms with E-state index < -0.39 is 0 Å². The smallest absolute Gasteiger partial charge is 0.199 e. The van der Waals surface area contributed by atoms with Crippen LogP contribution in [-0.2, 0) is 0 Å². The first-order valence-electron chi connectivity index (χ1n) is 5.38. The molecule has 0 radical (unpaired) electrons. The molecule has 2 rings (SSSR count). The van der Waals surface area contributed by atoms with Gasteiger partial charge in [0.1, 0.15) is 6.33 Å². The summed E-state index contributed by atoms with van der Waals surface area (Å²) in [5, 5.41) is 0.371. The molecule has 0 saturated carbocycles. The van der Waals surface area contributed by atoms with Crippen LogP contribution in [0.4, 0.5) is 5.82 Å². The van der Waals surface area contributed by atoms with Crippen molar-refractivity contribution in [3.63, 3.8) is 0 Å². The van der Waals surface area contributed by atoms with E-state index in [1.807, 2.05) is 0 Å². The summed E-state index contributed by atoms with van der Waals surface area (Å²) in [5.74, 6) is 1.36. The van der Waals surface area contributed by atoms with E-state index >= 15 is 0 Å². The second-order valence-corrected chi connectivity index (χ2v) is 4.95. The molecule has 0 spiro atoms. The Balaban J connectivity index is 2.44. The third-order valence-electron chi connectivity index (χ3n) is 3.10. The van der Waals surface area contributed by atoms with Crippen molar-refractivity contribution in [2.45, 2.75) is 32.2 Å². The third-order valence-corrected chi connectivity index (χ3v) is 3.37. The van der Waals surface area contributed by atoms with E-state index in [1.54, 1.807) is 7.11 Å². The molecule has 16 heavy (non-hydrogen) atoms. The quantitative estimate of drug-likeness (QED) is 0.746. The van der Waals surface area contributed by atoms with Crippen LogP contribution >= 0.6 is 11.6 Å². The normalized spacial score (nSPS) is 18.9. The van der Waals surface area contributed by atoms with Gasteiger partial charge in [-0.3, -0.25) is 0 Å². The Morgan fingerprint density at radius 2 is 2.19 bits per heavy atom. The van der Waals surface area contributed by atoms with E-state index in [0.29, 0.717) is 10.9 Å². The van der Waals surface area contributed by atoms with Crippen LogP contribution < -0.4 is 9.64 Å². The fourth-order valence-corrected chi connectivity index (χ4v) is 2.42. The summed E-state index contributed by atoms with van der Waals surface area (Å²) in [6, 6.07) is 0. The van der Waals surface area contributed by atoms with Crippen molar-refractivity contribution in [1.82, 2.24) is 9.97 Å². The Morgan fingerprint density at radius 1 is 1.44 bits per heavy atom. The highest BCUT2D eigenvalue weighted by Gasteiger charge is 2.35. The maximum atomic E-state index is 6.00. The summed E-state index contributed by atoms with van der Waals surface area (Å²) in [6.45, 7) is 5.39. The van der Waals surface area contributed by atoms with Gasteiger partial charge < -0.3 is 9.64 Å². The van der Waals surface area contributed by atoms with Crippen molar-refractivity contribution in [2.24, 2.45) is 0 Å². The molecule has 4 nitrogen and oxygen atoms in total. The van der Waals surface area contributed by atoms with Gasteiger partial charge in [0.05, 0.1) is 7.11 Å². The zero-order valence-corrected chi connectivity index (χ0v) is 10.6. The fraction of sp³-hybridized carbons (Fsp3) is 0.636. The Bertz CT molecular complexity index is 395. The molecule has 0 aromatic carbocycles. The predicted molar refractivity (Wildman–Crippen MR) is 64.3 cm³/mol. The molecule has 1 aliphatic rings. The number of ether oxygens (including phenoxy) is 1. The van der Waals surface area contributed by atoms with E-state index in [2.05, 4.69) is 28.7 Å². The summed E-state index contributed by atoms with van der Waals surface area (Å²) in [6.07, 6.45) is 3.80. The summed E-state index contributed by atoms with van der Waals surface area (Å²) < 4.78 is 5.28. The van der Waals surface area contributed by atoms with Gasteiger partial charge >= 0.3 is 0 Å². The molecule has 1 saturated heterocycles. The second kappa shape index (κ2) is 4.09. The molecule has 0 bridgehead atoms. The average molecular weight is 242 g/mol. The lowest BCUT2D eigenvalue weighted by Gasteiger charge is -2.33. The van der Waals surface area contributed by atoms with E-state index in [-0.39, 0.29) is 5.54 Å². The van der Waals surface area contributed by atoms with Gasteiger partial charge in [0, 0.05) is 12.1 Å². The number of nitrogens with zero attached hydrogens (tertiary/aromatic N) is 3. The fourth-order valence-electron chi connectivity index (χ4n) is 2.21. The first kappa shape index (κ1) is 11.5. The Morgan fingerprint density at radius 3 is 2.75 bits per heavy atom. The molecule has 88 valence electrons. The number of aromatic nitrogens is 2. The van der Waals surface area contributed by atoms with Crippen LogP contribution in [0.15, 0.2) is 6.33 Å². The number of methoxy groups -OCH3 is 1. The van der Waals surface area contributed by atoms with E-state index in [1.165, 1.54) is 6.33 Å². The molecule has 0 atom stereocenters. The minimum absolute atomic E-state index is 0.102. The number of hydrogen-bond acceptors (Lipinski definition) is 4. The zero-order valence-electron chi connectivity index (χ0n) is 9.83. The zero-order chi connectivity index (χ0) is 11.8. The minimum Gasteiger partial charge on any atom is -0.490 e. The van der Waals surface area contributed by atoms with Gasteiger partial charge in [0.15, 0.2) is 16.7 Å². The predicted octanol–water partition coefficient (Wildman–Crippen LogP) is 2.52. The summed E-state index contributed by atoms with van der Waals surface area (Å²) in [7, 11) is 1.59. The van der Waals surface area contributed by atoms with Crippen molar-refractivity contribution < 1.29 is 4.74 Å². The maximum Gasteiger partial charge on any atom is 0.199 e. The number of rotatable bonds is 2.